The van der Waals surface area contributed by atoms with Crippen molar-refractivity contribution >= 4 is 5.91 Å². The number of carbonyl (C=O) groups is 1. The van der Waals surface area contributed by atoms with Gasteiger partial charge in [-0.15, -0.1) is 0 Å². The third-order valence-electron chi connectivity index (χ3n) is 2.15. The molecule has 0 aliphatic heterocycles. The highest BCUT2D eigenvalue weighted by Gasteiger charge is 2.03. The van der Waals surface area contributed by atoms with Gasteiger partial charge in [-0.1, -0.05) is 6.92 Å². The third-order valence-corrected chi connectivity index (χ3v) is 2.15. The number of rotatable bonds is 8. The molecule has 0 heterocycles. The molecule has 3 N–H and O–H groups in total. The summed E-state index contributed by atoms with van der Waals surface area (Å²) in [5.74, 6) is 0.498. The van der Waals surface area contributed by atoms with E-state index in [1.165, 1.54) is 0 Å². The Morgan fingerprint density at radius 1 is 1.40 bits per heavy atom. The van der Waals surface area contributed by atoms with Crippen LogP contribution in [0.25, 0.3) is 0 Å². The Hall–Kier alpha value is -0.610. The first kappa shape index (κ1) is 14.4. The third kappa shape index (κ3) is 9.69. The lowest BCUT2D eigenvalue weighted by Crippen LogP contribution is -2.29. The maximum absolute atomic E-state index is 11.2. The van der Waals surface area contributed by atoms with Crippen LogP contribution < -0.4 is 11.1 Å². The zero-order chi connectivity index (χ0) is 11.7. The molecule has 0 spiro atoms. The second kappa shape index (κ2) is 8.68. The fourth-order valence-electron chi connectivity index (χ4n) is 1.09. The Morgan fingerprint density at radius 2 is 2.07 bits per heavy atom. The van der Waals surface area contributed by atoms with Crippen molar-refractivity contribution in [2.75, 3.05) is 19.7 Å². The normalized spacial score (nSPS) is 12.9. The second-order valence-corrected chi connectivity index (χ2v) is 4.19. The van der Waals surface area contributed by atoms with Gasteiger partial charge >= 0.3 is 0 Å². The summed E-state index contributed by atoms with van der Waals surface area (Å²) in [6.07, 6.45) is 2.14. The number of ether oxygens (including phenoxy) is 1. The van der Waals surface area contributed by atoms with E-state index < -0.39 is 0 Å². The van der Waals surface area contributed by atoms with E-state index in [2.05, 4.69) is 12.2 Å². The second-order valence-electron chi connectivity index (χ2n) is 4.19. The number of amides is 1. The molecule has 0 aromatic carbocycles. The van der Waals surface area contributed by atoms with Crippen LogP contribution in [0.5, 0.6) is 0 Å². The smallest absolute Gasteiger partial charge is 0.246 e. The van der Waals surface area contributed by atoms with Gasteiger partial charge in [0.1, 0.15) is 6.61 Å². The van der Waals surface area contributed by atoms with Crippen LogP contribution in [0.2, 0.25) is 0 Å². The summed E-state index contributed by atoms with van der Waals surface area (Å²) in [6.45, 7) is 7.52. The number of hydrogen-bond acceptors (Lipinski definition) is 3. The molecule has 0 saturated heterocycles. The SMILES string of the molecule is CC(CN)CCCNC(=O)COC(C)C. The summed E-state index contributed by atoms with van der Waals surface area (Å²) >= 11 is 0. The van der Waals surface area contributed by atoms with E-state index in [0.717, 1.165) is 12.8 Å². The topological polar surface area (TPSA) is 64.3 Å². The van der Waals surface area contributed by atoms with Crippen molar-refractivity contribution in [1.29, 1.82) is 0 Å². The molecule has 0 fully saturated rings. The quantitative estimate of drug-likeness (QED) is 0.593. The lowest BCUT2D eigenvalue weighted by atomic mass is 10.1. The molecular formula is C11H24N2O2. The fraction of sp³-hybridized carbons (Fsp3) is 0.909. The maximum Gasteiger partial charge on any atom is 0.246 e. The van der Waals surface area contributed by atoms with E-state index >= 15 is 0 Å². The average Bonchev–Trinajstić information content (AvgIpc) is 2.21. The summed E-state index contributed by atoms with van der Waals surface area (Å²) in [5, 5.41) is 2.81. The van der Waals surface area contributed by atoms with Crippen molar-refractivity contribution in [1.82, 2.24) is 5.32 Å². The lowest BCUT2D eigenvalue weighted by Gasteiger charge is -2.10. The molecular weight excluding hydrogens is 192 g/mol. The minimum Gasteiger partial charge on any atom is -0.369 e. The molecule has 1 amide bonds. The molecule has 0 saturated carbocycles. The molecule has 4 heteroatoms. The Labute approximate surface area is 92.6 Å². The van der Waals surface area contributed by atoms with Crippen molar-refractivity contribution < 1.29 is 9.53 Å². The largest absolute Gasteiger partial charge is 0.369 e. The van der Waals surface area contributed by atoms with Crippen LogP contribution in [0.4, 0.5) is 0 Å². The molecule has 0 bridgehead atoms. The van der Waals surface area contributed by atoms with Gasteiger partial charge in [-0.2, -0.15) is 0 Å². The van der Waals surface area contributed by atoms with Crippen LogP contribution in [0.15, 0.2) is 0 Å². The predicted molar refractivity (Wildman–Crippen MR) is 61.6 cm³/mol. The predicted octanol–water partition coefficient (Wildman–Crippen LogP) is 0.903. The number of carbonyl (C=O) groups excluding carboxylic acids is 1. The molecule has 0 aromatic rings. The minimum atomic E-state index is -0.0379. The molecule has 0 aliphatic rings. The first-order valence-corrected chi connectivity index (χ1v) is 5.64. The highest BCUT2D eigenvalue weighted by Crippen LogP contribution is 2.01. The standard InChI is InChI=1S/C11H24N2O2/c1-9(2)15-8-11(14)13-6-4-5-10(3)7-12/h9-10H,4-8,12H2,1-3H3,(H,13,14). The number of nitrogens with one attached hydrogen (secondary N) is 1. The molecule has 1 atom stereocenters. The maximum atomic E-state index is 11.2. The summed E-state index contributed by atoms with van der Waals surface area (Å²) in [7, 11) is 0. The van der Waals surface area contributed by atoms with Gasteiger partial charge in [0.25, 0.3) is 0 Å². The van der Waals surface area contributed by atoms with Gasteiger partial charge in [-0.3, -0.25) is 4.79 Å². The van der Waals surface area contributed by atoms with Crippen molar-refractivity contribution in [3.05, 3.63) is 0 Å². The average molecular weight is 216 g/mol. The summed E-state index contributed by atoms with van der Waals surface area (Å²) < 4.78 is 5.17. The zero-order valence-electron chi connectivity index (χ0n) is 10.1. The Balaban J connectivity index is 3.31. The van der Waals surface area contributed by atoms with E-state index in [0.29, 0.717) is 19.0 Å². The van der Waals surface area contributed by atoms with Gasteiger partial charge in [-0.05, 0) is 39.2 Å². The first-order chi connectivity index (χ1) is 7.06. The van der Waals surface area contributed by atoms with Crippen molar-refractivity contribution in [3.8, 4) is 0 Å². The van der Waals surface area contributed by atoms with Gasteiger partial charge < -0.3 is 15.8 Å². The van der Waals surface area contributed by atoms with Gasteiger partial charge in [0, 0.05) is 6.54 Å². The van der Waals surface area contributed by atoms with Crippen molar-refractivity contribution in [2.24, 2.45) is 11.7 Å². The molecule has 0 aromatic heterocycles. The fourth-order valence-corrected chi connectivity index (χ4v) is 1.09. The Morgan fingerprint density at radius 3 is 2.60 bits per heavy atom. The highest BCUT2D eigenvalue weighted by atomic mass is 16.5. The molecule has 90 valence electrons. The van der Waals surface area contributed by atoms with Crippen LogP contribution in [0.1, 0.15) is 33.6 Å². The van der Waals surface area contributed by atoms with Crippen LogP contribution in [-0.4, -0.2) is 31.7 Å². The van der Waals surface area contributed by atoms with Gasteiger partial charge in [0.15, 0.2) is 0 Å². The number of nitrogens with two attached hydrogens (primary N) is 1. The minimum absolute atomic E-state index is 0.0379. The molecule has 1 unspecified atom stereocenters. The lowest BCUT2D eigenvalue weighted by molar-refractivity contribution is -0.127. The van der Waals surface area contributed by atoms with E-state index in [4.69, 9.17) is 10.5 Å². The molecule has 0 aliphatic carbocycles. The Kier molecular flexibility index (Phi) is 8.33. The summed E-state index contributed by atoms with van der Waals surface area (Å²) in [5.41, 5.74) is 5.49. The van der Waals surface area contributed by atoms with Gasteiger partial charge in [-0.25, -0.2) is 0 Å². The van der Waals surface area contributed by atoms with Crippen molar-refractivity contribution in [2.45, 2.75) is 39.7 Å². The monoisotopic (exact) mass is 216 g/mol. The van der Waals surface area contributed by atoms with Crippen LogP contribution >= 0.6 is 0 Å². The van der Waals surface area contributed by atoms with E-state index in [9.17, 15) is 4.79 Å². The zero-order valence-corrected chi connectivity index (χ0v) is 10.1. The van der Waals surface area contributed by atoms with Crippen LogP contribution in [0, 0.1) is 5.92 Å². The van der Waals surface area contributed by atoms with Crippen LogP contribution in [-0.2, 0) is 9.53 Å². The summed E-state index contributed by atoms with van der Waals surface area (Å²) in [4.78, 5) is 11.2. The first-order valence-electron chi connectivity index (χ1n) is 5.64. The molecule has 0 radical (unpaired) electrons. The number of hydrogen-bond donors (Lipinski definition) is 2. The van der Waals surface area contributed by atoms with E-state index in [1.54, 1.807) is 0 Å². The van der Waals surface area contributed by atoms with E-state index in [1.807, 2.05) is 13.8 Å². The Bertz CT molecular complexity index is 172. The van der Waals surface area contributed by atoms with Crippen molar-refractivity contribution in [3.63, 3.8) is 0 Å². The summed E-state index contributed by atoms with van der Waals surface area (Å²) in [6, 6.07) is 0. The molecule has 15 heavy (non-hydrogen) atoms. The molecule has 4 nitrogen and oxygen atoms in total. The molecule has 0 rings (SSSR count). The highest BCUT2D eigenvalue weighted by molar-refractivity contribution is 5.77. The van der Waals surface area contributed by atoms with Gasteiger partial charge in [0.2, 0.25) is 5.91 Å². The van der Waals surface area contributed by atoms with E-state index in [-0.39, 0.29) is 18.6 Å². The van der Waals surface area contributed by atoms with Crippen LogP contribution in [0.3, 0.4) is 0 Å². The van der Waals surface area contributed by atoms with Gasteiger partial charge in [0.05, 0.1) is 6.10 Å².